The molecule has 0 aromatic heterocycles. The first-order chi connectivity index (χ1) is 13.0. The van der Waals surface area contributed by atoms with Gasteiger partial charge in [0, 0.05) is 25.2 Å². The second-order valence-corrected chi connectivity index (χ2v) is 8.29. The van der Waals surface area contributed by atoms with Gasteiger partial charge in [-0.2, -0.15) is 0 Å². The molecule has 0 spiro atoms. The third-order valence-corrected chi connectivity index (χ3v) is 5.93. The van der Waals surface area contributed by atoms with E-state index in [0.29, 0.717) is 13.2 Å². The number of hydrogen-bond donors (Lipinski definition) is 1. The average molecular weight is 364 g/mol. The zero-order chi connectivity index (χ0) is 18.9. The highest BCUT2D eigenvalue weighted by Crippen LogP contribution is 2.28. The van der Waals surface area contributed by atoms with E-state index in [4.69, 9.17) is 4.74 Å². The standard InChI is InChI=1S/C23H28N2O2/c1-23(2,25-12-11-17-7-3-4-9-19(17)14-25)16-24-22(26)20-13-18-8-5-6-10-21(18)27-15-20/h3-10,20H,11-16H2,1-2H3,(H,24,26). The summed E-state index contributed by atoms with van der Waals surface area (Å²) in [6, 6.07) is 16.7. The van der Waals surface area contributed by atoms with Crippen molar-refractivity contribution >= 4 is 5.91 Å². The van der Waals surface area contributed by atoms with Gasteiger partial charge in [0.1, 0.15) is 12.4 Å². The molecule has 0 saturated heterocycles. The number of nitrogens with one attached hydrogen (secondary N) is 1. The van der Waals surface area contributed by atoms with Crippen molar-refractivity contribution in [1.82, 2.24) is 10.2 Å². The number of rotatable bonds is 4. The van der Waals surface area contributed by atoms with Gasteiger partial charge in [-0.25, -0.2) is 0 Å². The fraction of sp³-hybridized carbons (Fsp3) is 0.435. The van der Waals surface area contributed by atoms with Crippen molar-refractivity contribution in [3.05, 3.63) is 65.2 Å². The molecule has 0 radical (unpaired) electrons. The Labute approximate surface area is 161 Å². The van der Waals surface area contributed by atoms with Crippen LogP contribution in [-0.2, 0) is 24.2 Å². The van der Waals surface area contributed by atoms with Gasteiger partial charge in [-0.1, -0.05) is 42.5 Å². The number of nitrogens with zero attached hydrogens (tertiary/aromatic N) is 1. The molecule has 2 aromatic rings. The Balaban J connectivity index is 1.35. The van der Waals surface area contributed by atoms with Crippen molar-refractivity contribution < 1.29 is 9.53 Å². The number of amides is 1. The van der Waals surface area contributed by atoms with E-state index in [2.05, 4.69) is 48.3 Å². The summed E-state index contributed by atoms with van der Waals surface area (Å²) in [6.45, 7) is 7.51. The molecule has 142 valence electrons. The normalized spacial score (nSPS) is 19.6. The van der Waals surface area contributed by atoms with Crippen LogP contribution in [0.25, 0.3) is 0 Å². The first kappa shape index (κ1) is 18.1. The Morgan fingerprint density at radius 1 is 1.11 bits per heavy atom. The molecule has 4 heteroatoms. The minimum Gasteiger partial charge on any atom is -0.492 e. The molecule has 1 N–H and O–H groups in total. The number of carbonyl (C=O) groups excluding carboxylic acids is 1. The quantitative estimate of drug-likeness (QED) is 0.906. The summed E-state index contributed by atoms with van der Waals surface area (Å²) in [5.74, 6) is 0.890. The number of hydrogen-bond acceptors (Lipinski definition) is 3. The molecule has 0 fully saturated rings. The lowest BCUT2D eigenvalue weighted by atomic mass is 9.93. The van der Waals surface area contributed by atoms with Gasteiger partial charge >= 0.3 is 0 Å². The van der Waals surface area contributed by atoms with Crippen molar-refractivity contribution in [2.45, 2.75) is 38.8 Å². The van der Waals surface area contributed by atoms with E-state index in [1.807, 2.05) is 24.3 Å². The van der Waals surface area contributed by atoms with Crippen LogP contribution in [0.4, 0.5) is 0 Å². The maximum atomic E-state index is 12.7. The first-order valence-corrected chi connectivity index (χ1v) is 9.83. The summed E-state index contributed by atoms with van der Waals surface area (Å²) in [6.07, 6.45) is 1.82. The fourth-order valence-corrected chi connectivity index (χ4v) is 4.07. The van der Waals surface area contributed by atoms with Gasteiger partial charge in [0.25, 0.3) is 0 Å². The number of para-hydroxylation sites is 1. The Morgan fingerprint density at radius 3 is 2.63 bits per heavy atom. The summed E-state index contributed by atoms with van der Waals surface area (Å²) in [4.78, 5) is 15.2. The fourth-order valence-electron chi connectivity index (χ4n) is 4.07. The van der Waals surface area contributed by atoms with Crippen molar-refractivity contribution in [3.8, 4) is 5.75 Å². The average Bonchev–Trinajstić information content (AvgIpc) is 2.71. The monoisotopic (exact) mass is 364 g/mol. The molecule has 0 bridgehead atoms. The molecule has 2 aromatic carbocycles. The first-order valence-electron chi connectivity index (χ1n) is 9.83. The van der Waals surface area contributed by atoms with Gasteiger partial charge in [0.15, 0.2) is 0 Å². The molecule has 0 saturated carbocycles. The lowest BCUT2D eigenvalue weighted by molar-refractivity contribution is -0.126. The van der Waals surface area contributed by atoms with E-state index in [-0.39, 0.29) is 17.4 Å². The maximum Gasteiger partial charge on any atom is 0.226 e. The molecule has 1 amide bonds. The van der Waals surface area contributed by atoms with Crippen LogP contribution in [0, 0.1) is 5.92 Å². The van der Waals surface area contributed by atoms with Gasteiger partial charge in [0.2, 0.25) is 5.91 Å². The van der Waals surface area contributed by atoms with Crippen LogP contribution < -0.4 is 10.1 Å². The third kappa shape index (κ3) is 3.86. The minimum atomic E-state index is -0.113. The predicted octanol–water partition coefficient (Wildman–Crippen LogP) is 3.19. The molecule has 1 unspecified atom stereocenters. The molecule has 4 rings (SSSR count). The lowest BCUT2D eigenvalue weighted by Crippen LogP contribution is -2.54. The SMILES string of the molecule is CC(C)(CNC(=O)C1COc2ccccc2C1)N1CCc2ccccc2C1. The zero-order valence-corrected chi connectivity index (χ0v) is 16.2. The van der Waals surface area contributed by atoms with Gasteiger partial charge in [0.05, 0.1) is 5.92 Å². The van der Waals surface area contributed by atoms with Crippen LogP contribution in [0.2, 0.25) is 0 Å². The summed E-state index contributed by atoms with van der Waals surface area (Å²) in [5.41, 5.74) is 3.89. The van der Waals surface area contributed by atoms with E-state index in [0.717, 1.165) is 37.2 Å². The summed E-state index contributed by atoms with van der Waals surface area (Å²) >= 11 is 0. The highest BCUT2D eigenvalue weighted by atomic mass is 16.5. The van der Waals surface area contributed by atoms with E-state index in [1.54, 1.807) is 0 Å². The molecule has 4 nitrogen and oxygen atoms in total. The Bertz CT molecular complexity index is 831. The molecule has 0 aliphatic carbocycles. The van der Waals surface area contributed by atoms with Crippen LogP contribution in [-0.4, -0.2) is 36.0 Å². The molecule has 2 heterocycles. The van der Waals surface area contributed by atoms with Crippen LogP contribution in [0.15, 0.2) is 48.5 Å². The third-order valence-electron chi connectivity index (χ3n) is 5.93. The summed E-state index contributed by atoms with van der Waals surface area (Å²) in [7, 11) is 0. The number of ether oxygens (including phenoxy) is 1. The van der Waals surface area contributed by atoms with Crippen molar-refractivity contribution in [3.63, 3.8) is 0 Å². The second-order valence-electron chi connectivity index (χ2n) is 8.29. The maximum absolute atomic E-state index is 12.7. The van der Waals surface area contributed by atoms with Crippen LogP contribution >= 0.6 is 0 Å². The Kier molecular flexibility index (Phi) is 4.92. The van der Waals surface area contributed by atoms with Crippen LogP contribution in [0.1, 0.15) is 30.5 Å². The van der Waals surface area contributed by atoms with Crippen LogP contribution in [0.5, 0.6) is 5.75 Å². The Hall–Kier alpha value is -2.33. The summed E-state index contributed by atoms with van der Waals surface area (Å²) in [5, 5.41) is 3.18. The van der Waals surface area contributed by atoms with Crippen molar-refractivity contribution in [1.29, 1.82) is 0 Å². The van der Waals surface area contributed by atoms with Crippen molar-refractivity contribution in [2.24, 2.45) is 5.92 Å². The van der Waals surface area contributed by atoms with Crippen molar-refractivity contribution in [2.75, 3.05) is 19.7 Å². The largest absolute Gasteiger partial charge is 0.492 e. The molecular formula is C23H28N2O2. The van der Waals surface area contributed by atoms with Gasteiger partial charge in [-0.3, -0.25) is 9.69 Å². The smallest absolute Gasteiger partial charge is 0.226 e. The van der Waals surface area contributed by atoms with Gasteiger partial charge in [-0.05, 0) is 49.4 Å². The minimum absolute atomic E-state index is 0.0867. The van der Waals surface area contributed by atoms with Gasteiger partial charge < -0.3 is 10.1 Å². The molecule has 27 heavy (non-hydrogen) atoms. The predicted molar refractivity (Wildman–Crippen MR) is 107 cm³/mol. The van der Waals surface area contributed by atoms with E-state index in [1.165, 1.54) is 11.1 Å². The topological polar surface area (TPSA) is 41.6 Å². The van der Waals surface area contributed by atoms with E-state index in [9.17, 15) is 4.79 Å². The number of carbonyl (C=O) groups is 1. The molecule has 2 aliphatic heterocycles. The zero-order valence-electron chi connectivity index (χ0n) is 16.2. The second kappa shape index (κ2) is 7.35. The molecule has 2 aliphatic rings. The highest BCUT2D eigenvalue weighted by molar-refractivity contribution is 5.79. The van der Waals surface area contributed by atoms with E-state index < -0.39 is 0 Å². The highest BCUT2D eigenvalue weighted by Gasteiger charge is 2.32. The van der Waals surface area contributed by atoms with Crippen LogP contribution in [0.3, 0.4) is 0 Å². The van der Waals surface area contributed by atoms with E-state index >= 15 is 0 Å². The number of benzene rings is 2. The summed E-state index contributed by atoms with van der Waals surface area (Å²) < 4.78 is 5.77. The number of fused-ring (bicyclic) bond motifs is 2. The molecule has 1 atom stereocenters. The van der Waals surface area contributed by atoms with Gasteiger partial charge in [-0.15, -0.1) is 0 Å². The lowest BCUT2D eigenvalue weighted by Gasteiger charge is -2.42. The molecular weight excluding hydrogens is 336 g/mol. The Morgan fingerprint density at radius 2 is 1.81 bits per heavy atom.